The quantitative estimate of drug-likeness (QED) is 0.155. The van der Waals surface area contributed by atoms with E-state index >= 15 is 0 Å². The fraction of sp³-hybridized carbons (Fsp3) is 0.133. The number of rotatable bonds is 6. The Morgan fingerprint density at radius 1 is 0.900 bits per heavy atom. The van der Waals surface area contributed by atoms with Crippen molar-refractivity contribution in [1.82, 2.24) is 14.5 Å². The molecule has 10 nitrogen and oxygen atoms in total. The Morgan fingerprint density at radius 2 is 1.65 bits per heavy atom. The highest BCUT2D eigenvalue weighted by atomic mass is 16.2. The summed E-state index contributed by atoms with van der Waals surface area (Å²) in [5, 5.41) is 6.14. The number of nitrogens with zero attached hydrogens (tertiary/aromatic N) is 7. The number of carbonyl (C=O) groups excluding carboxylic acids is 2. The molecule has 10 heteroatoms. The summed E-state index contributed by atoms with van der Waals surface area (Å²) in [4.78, 5) is 39.0. The average Bonchev–Trinajstić information content (AvgIpc) is 3.66. The molecule has 0 spiro atoms. The lowest BCUT2D eigenvalue weighted by Gasteiger charge is -2.17. The van der Waals surface area contributed by atoms with Gasteiger partial charge in [0.25, 0.3) is 5.91 Å². The molecule has 1 fully saturated rings. The van der Waals surface area contributed by atoms with Gasteiger partial charge in [-0.2, -0.15) is 0 Å². The molecule has 3 aromatic carbocycles. The third-order valence-electron chi connectivity index (χ3n) is 6.94. The number of carbonyl (C=O) groups is 2. The molecular weight excluding hydrogens is 504 g/mol. The molecule has 1 saturated heterocycles. The first-order valence-electron chi connectivity index (χ1n) is 12.9. The summed E-state index contributed by atoms with van der Waals surface area (Å²) in [6, 6.07) is 23.8. The molecule has 2 amide bonds. The van der Waals surface area contributed by atoms with Gasteiger partial charge in [0.15, 0.2) is 0 Å². The second-order valence-corrected chi connectivity index (χ2v) is 9.45. The lowest BCUT2D eigenvalue weighted by molar-refractivity contribution is 0.0997. The molecule has 1 aliphatic rings. The Morgan fingerprint density at radius 3 is 2.35 bits per heavy atom. The number of nitrogens with one attached hydrogen (secondary N) is 1. The summed E-state index contributed by atoms with van der Waals surface area (Å²) >= 11 is 0. The van der Waals surface area contributed by atoms with Crippen molar-refractivity contribution < 1.29 is 9.59 Å². The summed E-state index contributed by atoms with van der Waals surface area (Å²) in [7, 11) is 0. The first kappa shape index (κ1) is 24.8. The van der Waals surface area contributed by atoms with Crippen LogP contribution in [0.4, 0.5) is 11.4 Å². The van der Waals surface area contributed by atoms with Crippen LogP contribution in [0.5, 0.6) is 0 Å². The first-order chi connectivity index (χ1) is 19.6. The van der Waals surface area contributed by atoms with Crippen LogP contribution in [0.15, 0.2) is 96.4 Å². The molecule has 1 aliphatic heterocycles. The highest BCUT2D eigenvalue weighted by Crippen LogP contribution is 2.30. The maximum atomic E-state index is 13.0. The smallest absolute Gasteiger partial charge is 0.255 e. The van der Waals surface area contributed by atoms with Crippen LogP contribution >= 0.6 is 0 Å². The first-order valence-corrected chi connectivity index (χ1v) is 12.9. The summed E-state index contributed by atoms with van der Waals surface area (Å²) in [5.74, 6) is -0.216. The van der Waals surface area contributed by atoms with E-state index in [1.165, 1.54) is 12.8 Å². The summed E-state index contributed by atoms with van der Waals surface area (Å²) in [6.07, 6.45) is 5.84. The van der Waals surface area contributed by atoms with Gasteiger partial charge in [0, 0.05) is 52.3 Å². The van der Waals surface area contributed by atoms with E-state index in [2.05, 4.69) is 25.2 Å². The number of azide groups is 1. The second-order valence-electron chi connectivity index (χ2n) is 9.45. The molecule has 2 aromatic heterocycles. The van der Waals surface area contributed by atoms with Crippen LogP contribution in [0.1, 0.15) is 33.6 Å². The highest BCUT2D eigenvalue weighted by molar-refractivity contribution is 6.05. The number of pyridine rings is 1. The Balaban J connectivity index is 1.32. The monoisotopic (exact) mass is 528 g/mol. The predicted molar refractivity (Wildman–Crippen MR) is 154 cm³/mol. The summed E-state index contributed by atoms with van der Waals surface area (Å²) in [6.45, 7) is 2.11. The Labute approximate surface area is 229 Å². The maximum absolute atomic E-state index is 13.0. The normalized spacial score (nSPS) is 12.8. The van der Waals surface area contributed by atoms with Gasteiger partial charge in [0.2, 0.25) is 5.91 Å². The minimum Gasteiger partial charge on any atom is -0.372 e. The average molecular weight is 529 g/mol. The minimum absolute atomic E-state index is 0.195. The molecule has 40 heavy (non-hydrogen) atoms. The number of fused-ring (bicyclic) bond motifs is 1. The van der Waals surface area contributed by atoms with Crippen LogP contribution in [0, 0.1) is 0 Å². The van der Waals surface area contributed by atoms with E-state index in [1.807, 2.05) is 59.2 Å². The number of hydrogen-bond donors (Lipinski definition) is 1. The van der Waals surface area contributed by atoms with Crippen LogP contribution in [0.25, 0.3) is 38.6 Å². The fourth-order valence-corrected chi connectivity index (χ4v) is 4.96. The van der Waals surface area contributed by atoms with Crippen LogP contribution in [0.2, 0.25) is 0 Å². The van der Waals surface area contributed by atoms with Crippen LogP contribution in [-0.2, 0) is 0 Å². The van der Waals surface area contributed by atoms with Crippen molar-refractivity contribution in [1.29, 1.82) is 0 Å². The lowest BCUT2D eigenvalue weighted by atomic mass is 10.1. The molecule has 196 valence electrons. The van der Waals surface area contributed by atoms with Crippen molar-refractivity contribution in [2.45, 2.75) is 12.8 Å². The number of amides is 2. The molecule has 3 heterocycles. The maximum Gasteiger partial charge on any atom is 0.255 e. The van der Waals surface area contributed by atoms with Crippen molar-refractivity contribution in [2.24, 2.45) is 5.11 Å². The van der Waals surface area contributed by atoms with E-state index in [0.717, 1.165) is 35.5 Å². The van der Waals surface area contributed by atoms with Crippen molar-refractivity contribution in [3.63, 3.8) is 0 Å². The van der Waals surface area contributed by atoms with Gasteiger partial charge in [-0.25, -0.2) is 4.98 Å². The van der Waals surface area contributed by atoms with Gasteiger partial charge < -0.3 is 10.2 Å². The molecule has 0 saturated carbocycles. The number of imidazole rings is 1. The van der Waals surface area contributed by atoms with Crippen LogP contribution in [-0.4, -0.2) is 39.4 Å². The number of anilines is 2. The zero-order valence-electron chi connectivity index (χ0n) is 21.4. The van der Waals surface area contributed by atoms with E-state index in [4.69, 9.17) is 10.5 Å². The molecule has 1 N–H and O–H groups in total. The van der Waals surface area contributed by atoms with Crippen LogP contribution in [0.3, 0.4) is 0 Å². The Kier molecular flexibility index (Phi) is 6.66. The molecule has 0 aliphatic carbocycles. The van der Waals surface area contributed by atoms with Gasteiger partial charge in [-0.15, -0.1) is 0 Å². The molecule has 0 atom stereocenters. The molecule has 6 rings (SSSR count). The van der Waals surface area contributed by atoms with Crippen molar-refractivity contribution in [3.8, 4) is 17.1 Å². The zero-order valence-corrected chi connectivity index (χ0v) is 21.4. The minimum atomic E-state index is -0.652. The van der Waals surface area contributed by atoms with E-state index < -0.39 is 5.91 Å². The van der Waals surface area contributed by atoms with Gasteiger partial charge in [-0.3, -0.25) is 19.1 Å². The third-order valence-corrected chi connectivity index (χ3v) is 6.94. The van der Waals surface area contributed by atoms with Crippen molar-refractivity contribution in [3.05, 3.63) is 113 Å². The Bertz CT molecular complexity index is 1750. The van der Waals surface area contributed by atoms with Gasteiger partial charge in [-0.1, -0.05) is 24.3 Å². The van der Waals surface area contributed by atoms with Gasteiger partial charge >= 0.3 is 0 Å². The molecular formula is C30H24N8O2. The van der Waals surface area contributed by atoms with E-state index in [9.17, 15) is 9.59 Å². The standard InChI is InChI=1S/C30H24N8O2/c31-36-35-30(40)22-7-5-20(6-8-22)28-34-26-18-23(11-14-27(26)38(28)25-4-3-15-32-19-25)33-29(39)21-9-12-24(13-10-21)37-16-1-2-17-37/h3-15,18-19H,1-2,16-17H2,(H,33,39). The lowest BCUT2D eigenvalue weighted by Crippen LogP contribution is -2.18. The third kappa shape index (κ3) is 4.87. The molecule has 5 aromatic rings. The molecule has 0 unspecified atom stereocenters. The number of aromatic nitrogens is 3. The van der Waals surface area contributed by atoms with E-state index in [1.54, 1.807) is 36.7 Å². The topological polar surface area (TPSA) is 129 Å². The van der Waals surface area contributed by atoms with Gasteiger partial charge in [-0.05, 0) is 78.1 Å². The summed E-state index contributed by atoms with van der Waals surface area (Å²) < 4.78 is 1.97. The van der Waals surface area contributed by atoms with Gasteiger partial charge in [0.1, 0.15) is 5.82 Å². The van der Waals surface area contributed by atoms with E-state index in [0.29, 0.717) is 22.6 Å². The fourth-order valence-electron chi connectivity index (χ4n) is 4.96. The van der Waals surface area contributed by atoms with Crippen molar-refractivity contribution >= 4 is 34.2 Å². The number of hydrogen-bond acceptors (Lipinski definition) is 5. The predicted octanol–water partition coefficient (Wildman–Crippen LogP) is 6.39. The Hall–Kier alpha value is -5.47. The number of benzene rings is 3. The van der Waals surface area contributed by atoms with E-state index in [-0.39, 0.29) is 11.5 Å². The van der Waals surface area contributed by atoms with Crippen molar-refractivity contribution in [2.75, 3.05) is 23.3 Å². The highest BCUT2D eigenvalue weighted by Gasteiger charge is 2.17. The molecule has 0 bridgehead atoms. The largest absolute Gasteiger partial charge is 0.372 e. The summed E-state index contributed by atoms with van der Waals surface area (Å²) in [5.41, 5.74) is 14.2. The zero-order chi connectivity index (χ0) is 27.5. The molecule has 0 radical (unpaired) electrons. The second kappa shape index (κ2) is 10.7. The van der Waals surface area contributed by atoms with Gasteiger partial charge in [0.05, 0.1) is 22.9 Å². The van der Waals surface area contributed by atoms with Crippen LogP contribution < -0.4 is 10.2 Å². The SMILES string of the molecule is [N-]=[N+]=NC(=O)c1ccc(-c2nc3cc(NC(=O)c4ccc(N5CCCC5)cc4)ccc3n2-c2cccnc2)cc1.